The Morgan fingerprint density at radius 3 is 2.19 bits per heavy atom. The van der Waals surface area contributed by atoms with Crippen molar-refractivity contribution in [2.75, 3.05) is 16.3 Å². The van der Waals surface area contributed by atoms with Crippen LogP contribution in [0.1, 0.15) is 21.5 Å². The van der Waals surface area contributed by atoms with Gasteiger partial charge in [0.1, 0.15) is 0 Å². The van der Waals surface area contributed by atoms with E-state index >= 15 is 0 Å². The van der Waals surface area contributed by atoms with Gasteiger partial charge in [-0.05, 0) is 66.6 Å². The molecule has 8 heteroatoms. The van der Waals surface area contributed by atoms with Gasteiger partial charge in [0, 0.05) is 12.6 Å². The van der Waals surface area contributed by atoms with Crippen LogP contribution in [0.15, 0.2) is 108 Å². The van der Waals surface area contributed by atoms with Crippen LogP contribution in [-0.4, -0.2) is 26.4 Å². The standard InChI is InChI=1S/C29H25N3O3S2/c1-21-13-18-26-27(19-21)36-29(30-26)32(20-22-9-5-3-6-10-22)28(33)23-14-16-25(17-15-23)37(34,35)31(2)24-11-7-4-8-12-24/h3-19H,20H2,1-2H3. The maximum Gasteiger partial charge on any atom is 0.264 e. The lowest BCUT2D eigenvalue weighted by atomic mass is 10.1. The van der Waals surface area contributed by atoms with Gasteiger partial charge in [-0.2, -0.15) is 0 Å². The smallest absolute Gasteiger partial charge is 0.264 e. The first-order valence-electron chi connectivity index (χ1n) is 11.7. The quantitative estimate of drug-likeness (QED) is 0.250. The number of hydrogen-bond acceptors (Lipinski definition) is 5. The first-order valence-corrected chi connectivity index (χ1v) is 14.0. The number of amides is 1. The number of para-hydroxylation sites is 1. The minimum Gasteiger partial charge on any atom is -0.279 e. The minimum absolute atomic E-state index is 0.112. The van der Waals surface area contributed by atoms with Crippen LogP contribution in [0.4, 0.5) is 10.8 Å². The van der Waals surface area contributed by atoms with Gasteiger partial charge in [-0.15, -0.1) is 0 Å². The molecule has 0 atom stereocenters. The number of anilines is 2. The van der Waals surface area contributed by atoms with Crippen LogP contribution in [0.25, 0.3) is 10.2 Å². The molecule has 0 saturated carbocycles. The molecule has 1 aromatic heterocycles. The molecule has 5 aromatic rings. The van der Waals surface area contributed by atoms with Gasteiger partial charge in [0.2, 0.25) is 0 Å². The zero-order valence-electron chi connectivity index (χ0n) is 20.4. The third kappa shape index (κ3) is 5.12. The van der Waals surface area contributed by atoms with E-state index in [0.29, 0.717) is 22.9 Å². The van der Waals surface area contributed by atoms with Crippen LogP contribution in [0.3, 0.4) is 0 Å². The monoisotopic (exact) mass is 527 g/mol. The number of carbonyl (C=O) groups excluding carboxylic acids is 1. The summed E-state index contributed by atoms with van der Waals surface area (Å²) in [5, 5.41) is 0.593. The lowest BCUT2D eigenvalue weighted by molar-refractivity contribution is 0.0985. The predicted molar refractivity (Wildman–Crippen MR) is 150 cm³/mol. The Hall–Kier alpha value is -4.01. The van der Waals surface area contributed by atoms with Gasteiger partial charge in [0.25, 0.3) is 15.9 Å². The fraction of sp³-hybridized carbons (Fsp3) is 0.103. The lowest BCUT2D eigenvalue weighted by Gasteiger charge is -2.21. The van der Waals surface area contributed by atoms with Gasteiger partial charge < -0.3 is 0 Å². The van der Waals surface area contributed by atoms with Crippen molar-refractivity contribution in [3.63, 3.8) is 0 Å². The second kappa shape index (κ2) is 10.2. The number of benzene rings is 4. The molecular weight excluding hydrogens is 502 g/mol. The number of fused-ring (bicyclic) bond motifs is 1. The average molecular weight is 528 g/mol. The van der Waals surface area contributed by atoms with Crippen LogP contribution in [-0.2, 0) is 16.6 Å². The van der Waals surface area contributed by atoms with E-state index in [-0.39, 0.29) is 10.8 Å². The van der Waals surface area contributed by atoms with Crippen molar-refractivity contribution in [1.29, 1.82) is 0 Å². The summed E-state index contributed by atoms with van der Waals surface area (Å²) in [5.74, 6) is -0.250. The molecule has 1 amide bonds. The van der Waals surface area contributed by atoms with Gasteiger partial charge in [-0.3, -0.25) is 14.0 Å². The number of sulfonamides is 1. The molecule has 4 aromatic carbocycles. The van der Waals surface area contributed by atoms with E-state index in [2.05, 4.69) is 6.07 Å². The van der Waals surface area contributed by atoms with E-state index in [1.165, 1.54) is 34.8 Å². The molecule has 6 nitrogen and oxygen atoms in total. The molecule has 0 N–H and O–H groups in total. The van der Waals surface area contributed by atoms with Crippen molar-refractivity contribution in [1.82, 2.24) is 4.98 Å². The molecule has 0 saturated heterocycles. The summed E-state index contributed by atoms with van der Waals surface area (Å²) in [6.07, 6.45) is 0. The van der Waals surface area contributed by atoms with Crippen LogP contribution in [0.2, 0.25) is 0 Å². The van der Waals surface area contributed by atoms with E-state index < -0.39 is 10.0 Å². The molecular formula is C29H25N3O3S2. The highest BCUT2D eigenvalue weighted by Crippen LogP contribution is 2.32. The van der Waals surface area contributed by atoms with Gasteiger partial charge >= 0.3 is 0 Å². The summed E-state index contributed by atoms with van der Waals surface area (Å²) in [6.45, 7) is 2.37. The van der Waals surface area contributed by atoms with Crippen molar-refractivity contribution in [3.8, 4) is 0 Å². The Bertz CT molecular complexity index is 1650. The predicted octanol–water partition coefficient (Wildman–Crippen LogP) is 6.28. The maximum atomic E-state index is 13.7. The van der Waals surface area contributed by atoms with Crippen molar-refractivity contribution in [2.45, 2.75) is 18.4 Å². The topological polar surface area (TPSA) is 70.6 Å². The Balaban J connectivity index is 1.47. The highest BCUT2D eigenvalue weighted by molar-refractivity contribution is 7.92. The highest BCUT2D eigenvalue weighted by Gasteiger charge is 2.25. The van der Waals surface area contributed by atoms with Crippen molar-refractivity contribution in [2.24, 2.45) is 0 Å². The summed E-state index contributed by atoms with van der Waals surface area (Å²) in [5.41, 5.74) is 3.87. The summed E-state index contributed by atoms with van der Waals surface area (Å²) in [7, 11) is -2.26. The largest absolute Gasteiger partial charge is 0.279 e. The van der Waals surface area contributed by atoms with Crippen LogP contribution < -0.4 is 9.21 Å². The zero-order valence-corrected chi connectivity index (χ0v) is 22.0. The third-order valence-electron chi connectivity index (χ3n) is 6.07. The van der Waals surface area contributed by atoms with Gasteiger partial charge in [0.05, 0.1) is 27.3 Å². The van der Waals surface area contributed by atoms with Crippen molar-refractivity contribution in [3.05, 3.63) is 120 Å². The molecule has 1 heterocycles. The van der Waals surface area contributed by atoms with Crippen LogP contribution in [0, 0.1) is 6.92 Å². The van der Waals surface area contributed by atoms with E-state index in [0.717, 1.165) is 21.3 Å². The average Bonchev–Trinajstić information content (AvgIpc) is 3.35. The summed E-state index contributed by atoms with van der Waals surface area (Å²) in [6, 6.07) is 30.7. The molecule has 0 spiro atoms. The van der Waals surface area contributed by atoms with E-state index in [4.69, 9.17) is 4.98 Å². The summed E-state index contributed by atoms with van der Waals surface area (Å²) < 4.78 is 28.6. The van der Waals surface area contributed by atoms with Gasteiger partial charge in [-0.25, -0.2) is 13.4 Å². The molecule has 0 radical (unpaired) electrons. The lowest BCUT2D eigenvalue weighted by Crippen LogP contribution is -2.30. The van der Waals surface area contributed by atoms with Gasteiger partial charge in [0.15, 0.2) is 5.13 Å². The number of nitrogens with zero attached hydrogens (tertiary/aromatic N) is 3. The zero-order chi connectivity index (χ0) is 26.0. The van der Waals surface area contributed by atoms with Crippen molar-refractivity contribution >= 4 is 48.3 Å². The van der Waals surface area contributed by atoms with E-state index in [1.54, 1.807) is 41.3 Å². The van der Waals surface area contributed by atoms with E-state index in [9.17, 15) is 13.2 Å². The molecule has 0 bridgehead atoms. The Morgan fingerprint density at radius 1 is 0.865 bits per heavy atom. The fourth-order valence-corrected chi connectivity index (χ4v) is 6.24. The van der Waals surface area contributed by atoms with Crippen LogP contribution >= 0.6 is 11.3 Å². The first kappa shape index (κ1) is 24.7. The second-order valence-electron chi connectivity index (χ2n) is 8.68. The molecule has 0 fully saturated rings. The summed E-state index contributed by atoms with van der Waals surface area (Å²) in [4.78, 5) is 20.2. The Labute approximate surface area is 220 Å². The molecule has 0 aliphatic carbocycles. The number of hydrogen-bond donors (Lipinski definition) is 0. The van der Waals surface area contributed by atoms with Crippen LogP contribution in [0.5, 0.6) is 0 Å². The first-order chi connectivity index (χ1) is 17.8. The number of aryl methyl sites for hydroxylation is 1. The summed E-state index contributed by atoms with van der Waals surface area (Å²) >= 11 is 1.46. The molecule has 5 rings (SSSR count). The Morgan fingerprint density at radius 2 is 1.51 bits per heavy atom. The molecule has 0 aliphatic rings. The van der Waals surface area contributed by atoms with E-state index in [1.807, 2.05) is 55.5 Å². The van der Waals surface area contributed by atoms with Gasteiger partial charge in [-0.1, -0.05) is 65.9 Å². The molecule has 0 aliphatic heterocycles. The number of aromatic nitrogens is 1. The highest BCUT2D eigenvalue weighted by atomic mass is 32.2. The second-order valence-corrected chi connectivity index (χ2v) is 11.7. The number of rotatable bonds is 7. The SMILES string of the molecule is Cc1ccc2nc(N(Cc3ccccc3)C(=O)c3ccc(S(=O)(=O)N(C)c4ccccc4)cc3)sc2c1. The number of carbonyl (C=O) groups is 1. The Kier molecular flexibility index (Phi) is 6.78. The molecule has 0 unspecified atom stereocenters. The number of thiazole rings is 1. The maximum absolute atomic E-state index is 13.7. The molecule has 37 heavy (non-hydrogen) atoms. The third-order valence-corrected chi connectivity index (χ3v) is 8.91. The fourth-order valence-electron chi connectivity index (χ4n) is 3.99. The normalized spacial score (nSPS) is 11.4. The van der Waals surface area contributed by atoms with Crippen molar-refractivity contribution < 1.29 is 13.2 Å². The minimum atomic E-state index is -3.78. The molecule has 186 valence electrons.